The number of nitrogens with zero attached hydrogens (tertiary/aromatic N) is 2. The van der Waals surface area contributed by atoms with Gasteiger partial charge in [-0.25, -0.2) is 0 Å². The van der Waals surface area contributed by atoms with E-state index in [2.05, 4.69) is 10.4 Å². The monoisotopic (exact) mass is 317 g/mol. The molecule has 1 aromatic heterocycles. The van der Waals surface area contributed by atoms with E-state index in [1.165, 1.54) is 12.8 Å². The predicted molar refractivity (Wildman–Crippen MR) is 87.3 cm³/mol. The molecule has 0 atom stereocenters. The third-order valence-corrected chi connectivity index (χ3v) is 4.64. The summed E-state index contributed by atoms with van der Waals surface area (Å²) in [5.74, 6) is 0.701. The first-order valence-corrected chi connectivity index (χ1v) is 7.99. The number of rotatable bonds is 5. The van der Waals surface area contributed by atoms with Gasteiger partial charge in [-0.05, 0) is 50.3 Å². The van der Waals surface area contributed by atoms with Crippen molar-refractivity contribution >= 4 is 17.5 Å². The van der Waals surface area contributed by atoms with E-state index in [0.29, 0.717) is 18.0 Å². The van der Waals surface area contributed by atoms with Crippen LogP contribution in [0.1, 0.15) is 40.2 Å². The molecular weight excluding hydrogens is 298 g/mol. The lowest BCUT2D eigenvalue weighted by atomic mass is 10.1. The highest BCUT2D eigenvalue weighted by Gasteiger charge is 2.21. The zero-order valence-corrected chi connectivity index (χ0v) is 13.7. The number of carbonyl (C=O) groups is 1. The largest absolute Gasteiger partial charge is 0.352 e. The Labute approximate surface area is 135 Å². The first-order valence-electron chi connectivity index (χ1n) is 7.61. The molecule has 1 aromatic carbocycles. The van der Waals surface area contributed by atoms with Gasteiger partial charge in [0.15, 0.2) is 0 Å². The predicted octanol–water partition coefficient (Wildman–Crippen LogP) is 3.34. The number of aromatic nitrogens is 2. The van der Waals surface area contributed by atoms with Gasteiger partial charge in [0.25, 0.3) is 5.91 Å². The summed E-state index contributed by atoms with van der Waals surface area (Å²) >= 11 is 6.16. The van der Waals surface area contributed by atoms with Crippen molar-refractivity contribution in [3.05, 3.63) is 51.8 Å². The van der Waals surface area contributed by atoms with Crippen LogP contribution in [0.4, 0.5) is 0 Å². The quantitative estimate of drug-likeness (QED) is 0.919. The Bertz CT molecular complexity index is 687. The van der Waals surface area contributed by atoms with Crippen LogP contribution in [-0.2, 0) is 6.54 Å². The minimum Gasteiger partial charge on any atom is -0.352 e. The van der Waals surface area contributed by atoms with Gasteiger partial charge < -0.3 is 5.32 Å². The molecule has 2 aromatic rings. The molecule has 1 fully saturated rings. The third-order valence-electron chi connectivity index (χ3n) is 4.09. The minimum atomic E-state index is 0.00705. The summed E-state index contributed by atoms with van der Waals surface area (Å²) in [4.78, 5) is 12.0. The van der Waals surface area contributed by atoms with Gasteiger partial charge in [0.2, 0.25) is 0 Å². The van der Waals surface area contributed by atoms with Gasteiger partial charge in [-0.2, -0.15) is 5.10 Å². The van der Waals surface area contributed by atoms with E-state index in [1.807, 2.05) is 42.8 Å². The Balaban J connectivity index is 1.65. The molecule has 1 saturated carbocycles. The maximum atomic E-state index is 12.0. The molecule has 5 heteroatoms. The molecule has 0 bridgehead atoms. The van der Waals surface area contributed by atoms with Crippen LogP contribution in [0, 0.1) is 19.8 Å². The summed E-state index contributed by atoms with van der Waals surface area (Å²) in [5, 5.41) is 8.12. The normalized spacial score (nSPS) is 14.1. The molecule has 1 aliphatic carbocycles. The fraction of sp³-hybridized carbons (Fsp3) is 0.412. The standard InChI is InChI=1S/C17H20ClN3O/c1-11-16(18)12(2)21(20-11)10-14-5-7-15(8-6-14)17(22)19-9-13-3-4-13/h5-8,13H,3-4,9-10H2,1-2H3,(H,19,22). The average molecular weight is 318 g/mol. The lowest BCUT2D eigenvalue weighted by molar-refractivity contribution is 0.0952. The van der Waals surface area contributed by atoms with E-state index in [1.54, 1.807) is 0 Å². The van der Waals surface area contributed by atoms with E-state index in [0.717, 1.165) is 28.5 Å². The molecule has 116 valence electrons. The zero-order chi connectivity index (χ0) is 15.7. The number of hydrogen-bond acceptors (Lipinski definition) is 2. The van der Waals surface area contributed by atoms with E-state index in [4.69, 9.17) is 11.6 Å². The van der Waals surface area contributed by atoms with E-state index < -0.39 is 0 Å². The number of benzene rings is 1. The number of nitrogens with one attached hydrogen (secondary N) is 1. The van der Waals surface area contributed by atoms with Gasteiger partial charge in [0.1, 0.15) is 0 Å². The van der Waals surface area contributed by atoms with Crippen molar-refractivity contribution in [3.8, 4) is 0 Å². The highest BCUT2D eigenvalue weighted by atomic mass is 35.5. The fourth-order valence-corrected chi connectivity index (χ4v) is 2.56. The Morgan fingerprint density at radius 2 is 2.00 bits per heavy atom. The summed E-state index contributed by atoms with van der Waals surface area (Å²) in [6.45, 7) is 5.31. The Hall–Kier alpha value is -1.81. The molecule has 0 unspecified atom stereocenters. The second kappa shape index (κ2) is 6.13. The Morgan fingerprint density at radius 3 is 2.55 bits per heavy atom. The second-order valence-electron chi connectivity index (χ2n) is 5.99. The lowest BCUT2D eigenvalue weighted by Crippen LogP contribution is -2.25. The highest BCUT2D eigenvalue weighted by Crippen LogP contribution is 2.27. The Kier molecular flexibility index (Phi) is 4.21. The first-order chi connectivity index (χ1) is 10.5. The minimum absolute atomic E-state index is 0.00705. The van der Waals surface area contributed by atoms with Gasteiger partial charge in [-0.3, -0.25) is 9.48 Å². The van der Waals surface area contributed by atoms with Gasteiger partial charge in [-0.15, -0.1) is 0 Å². The first kappa shape index (κ1) is 15.1. The molecular formula is C17H20ClN3O. The van der Waals surface area contributed by atoms with E-state index >= 15 is 0 Å². The number of halogens is 1. The van der Waals surface area contributed by atoms with Gasteiger partial charge in [-0.1, -0.05) is 23.7 Å². The third kappa shape index (κ3) is 3.33. The summed E-state index contributed by atoms with van der Waals surface area (Å²) in [7, 11) is 0. The van der Waals surface area contributed by atoms with Crippen LogP contribution in [0.5, 0.6) is 0 Å². The van der Waals surface area contributed by atoms with Crippen LogP contribution in [0.3, 0.4) is 0 Å². The molecule has 0 aliphatic heterocycles. The van der Waals surface area contributed by atoms with Gasteiger partial charge in [0, 0.05) is 12.1 Å². The second-order valence-corrected chi connectivity index (χ2v) is 6.37. The van der Waals surface area contributed by atoms with E-state index in [9.17, 15) is 4.79 Å². The average Bonchev–Trinajstić information content (AvgIpc) is 3.31. The molecule has 1 heterocycles. The number of aryl methyl sites for hydroxylation is 1. The topological polar surface area (TPSA) is 46.9 Å². The van der Waals surface area contributed by atoms with Crippen LogP contribution < -0.4 is 5.32 Å². The molecule has 4 nitrogen and oxygen atoms in total. The van der Waals surface area contributed by atoms with Crippen LogP contribution >= 0.6 is 11.6 Å². The van der Waals surface area contributed by atoms with Crippen molar-refractivity contribution in [2.24, 2.45) is 5.92 Å². The summed E-state index contributed by atoms with van der Waals surface area (Å²) < 4.78 is 1.89. The molecule has 0 radical (unpaired) electrons. The molecule has 1 N–H and O–H groups in total. The van der Waals surface area contributed by atoms with Crippen LogP contribution in [-0.4, -0.2) is 22.2 Å². The van der Waals surface area contributed by atoms with Crippen molar-refractivity contribution < 1.29 is 4.79 Å². The SMILES string of the molecule is Cc1nn(Cc2ccc(C(=O)NCC3CC3)cc2)c(C)c1Cl. The smallest absolute Gasteiger partial charge is 0.251 e. The zero-order valence-electron chi connectivity index (χ0n) is 12.9. The maximum absolute atomic E-state index is 12.0. The maximum Gasteiger partial charge on any atom is 0.251 e. The fourth-order valence-electron chi connectivity index (χ4n) is 2.42. The van der Waals surface area contributed by atoms with Crippen molar-refractivity contribution in [2.75, 3.05) is 6.54 Å². The molecule has 1 amide bonds. The summed E-state index contributed by atoms with van der Waals surface area (Å²) in [6, 6.07) is 7.67. The van der Waals surface area contributed by atoms with Gasteiger partial charge in [0.05, 0.1) is 23.0 Å². The number of amides is 1. The molecule has 1 aliphatic rings. The Morgan fingerprint density at radius 1 is 1.32 bits per heavy atom. The molecule has 0 spiro atoms. The molecule has 3 rings (SSSR count). The number of hydrogen-bond donors (Lipinski definition) is 1. The van der Waals surface area contributed by atoms with Crippen LogP contribution in [0.25, 0.3) is 0 Å². The highest BCUT2D eigenvalue weighted by molar-refractivity contribution is 6.31. The van der Waals surface area contributed by atoms with Crippen molar-refractivity contribution in [2.45, 2.75) is 33.2 Å². The van der Waals surface area contributed by atoms with Gasteiger partial charge >= 0.3 is 0 Å². The van der Waals surface area contributed by atoms with Crippen LogP contribution in [0.15, 0.2) is 24.3 Å². The van der Waals surface area contributed by atoms with Crippen molar-refractivity contribution in [1.29, 1.82) is 0 Å². The van der Waals surface area contributed by atoms with Crippen LogP contribution in [0.2, 0.25) is 5.02 Å². The summed E-state index contributed by atoms with van der Waals surface area (Å²) in [5.41, 5.74) is 3.61. The molecule has 22 heavy (non-hydrogen) atoms. The number of carbonyl (C=O) groups excluding carboxylic acids is 1. The lowest BCUT2D eigenvalue weighted by Gasteiger charge is -2.07. The molecule has 0 saturated heterocycles. The van der Waals surface area contributed by atoms with Crippen molar-refractivity contribution in [1.82, 2.24) is 15.1 Å². The van der Waals surface area contributed by atoms with E-state index in [-0.39, 0.29) is 5.91 Å². The summed E-state index contributed by atoms with van der Waals surface area (Å²) in [6.07, 6.45) is 2.48. The van der Waals surface area contributed by atoms with Crippen molar-refractivity contribution in [3.63, 3.8) is 0 Å².